The third-order valence-electron chi connectivity index (χ3n) is 4.25. The predicted octanol–water partition coefficient (Wildman–Crippen LogP) is 4.74. The van der Waals surface area contributed by atoms with E-state index in [4.69, 9.17) is 9.47 Å². The van der Waals surface area contributed by atoms with E-state index in [1.807, 2.05) is 37.3 Å². The molecule has 0 heterocycles. The van der Waals surface area contributed by atoms with Crippen LogP contribution in [0.25, 0.3) is 0 Å². The minimum Gasteiger partial charge on any atom is -0.492 e. The van der Waals surface area contributed by atoms with Crippen LogP contribution in [-0.2, 0) is 4.79 Å². The summed E-state index contributed by atoms with van der Waals surface area (Å²) in [4.78, 5) is 25.1. The first kappa shape index (κ1) is 20.9. The molecule has 3 aromatic carbocycles. The number of anilines is 2. The molecule has 30 heavy (non-hydrogen) atoms. The Labute approximate surface area is 175 Å². The average Bonchev–Trinajstić information content (AvgIpc) is 2.76. The van der Waals surface area contributed by atoms with Gasteiger partial charge in [0.2, 0.25) is 0 Å². The molecule has 3 aromatic rings. The molecule has 0 aliphatic heterocycles. The van der Waals surface area contributed by atoms with Gasteiger partial charge in [-0.3, -0.25) is 9.59 Å². The summed E-state index contributed by atoms with van der Waals surface area (Å²) >= 11 is 0. The summed E-state index contributed by atoms with van der Waals surface area (Å²) in [5.74, 6) is 0.607. The van der Waals surface area contributed by atoms with Gasteiger partial charge in [0, 0.05) is 11.3 Å². The topological polar surface area (TPSA) is 76.7 Å². The number of para-hydroxylation sites is 3. The monoisotopic (exact) mass is 404 g/mol. The van der Waals surface area contributed by atoms with Crippen molar-refractivity contribution in [2.45, 2.75) is 20.0 Å². The largest absolute Gasteiger partial charge is 0.492 e. The number of nitrogens with one attached hydrogen (secondary N) is 2. The van der Waals surface area contributed by atoms with Crippen LogP contribution in [0.4, 0.5) is 11.4 Å². The highest BCUT2D eigenvalue weighted by Crippen LogP contribution is 2.24. The maximum Gasteiger partial charge on any atom is 0.265 e. The maximum atomic E-state index is 12.7. The van der Waals surface area contributed by atoms with Crippen LogP contribution >= 0.6 is 0 Å². The van der Waals surface area contributed by atoms with E-state index in [1.165, 1.54) is 0 Å². The summed E-state index contributed by atoms with van der Waals surface area (Å²) < 4.78 is 11.2. The van der Waals surface area contributed by atoms with Crippen molar-refractivity contribution in [1.29, 1.82) is 0 Å². The quantitative estimate of drug-likeness (QED) is 0.568. The minimum absolute atomic E-state index is 0.299. The molecule has 1 atom stereocenters. The zero-order valence-electron chi connectivity index (χ0n) is 16.9. The molecule has 0 fully saturated rings. The Hall–Kier alpha value is -3.80. The fourth-order valence-corrected chi connectivity index (χ4v) is 2.78. The minimum atomic E-state index is -0.692. The van der Waals surface area contributed by atoms with Gasteiger partial charge in [0.1, 0.15) is 11.5 Å². The number of amides is 2. The molecule has 0 aromatic heterocycles. The lowest BCUT2D eigenvalue weighted by molar-refractivity contribution is -0.122. The fourth-order valence-electron chi connectivity index (χ4n) is 2.78. The Morgan fingerprint density at radius 3 is 2.40 bits per heavy atom. The number of rotatable bonds is 8. The van der Waals surface area contributed by atoms with E-state index in [-0.39, 0.29) is 11.8 Å². The molecular formula is C24H24N2O4. The Morgan fingerprint density at radius 2 is 1.63 bits per heavy atom. The van der Waals surface area contributed by atoms with Crippen molar-refractivity contribution >= 4 is 23.2 Å². The van der Waals surface area contributed by atoms with Crippen LogP contribution in [0.5, 0.6) is 11.5 Å². The van der Waals surface area contributed by atoms with Crippen LogP contribution in [-0.4, -0.2) is 24.5 Å². The molecule has 0 radical (unpaired) electrons. The van der Waals surface area contributed by atoms with E-state index >= 15 is 0 Å². The van der Waals surface area contributed by atoms with Crippen LogP contribution in [0.1, 0.15) is 24.2 Å². The smallest absolute Gasteiger partial charge is 0.265 e. The highest BCUT2D eigenvalue weighted by molar-refractivity contribution is 6.06. The molecule has 0 aliphatic rings. The normalized spacial score (nSPS) is 11.3. The second kappa shape index (κ2) is 10.1. The molecule has 6 heteroatoms. The van der Waals surface area contributed by atoms with Gasteiger partial charge >= 0.3 is 0 Å². The van der Waals surface area contributed by atoms with Gasteiger partial charge in [0.25, 0.3) is 11.8 Å². The van der Waals surface area contributed by atoms with Crippen molar-refractivity contribution in [2.75, 3.05) is 17.2 Å². The van der Waals surface area contributed by atoms with Gasteiger partial charge in [-0.05, 0) is 56.3 Å². The van der Waals surface area contributed by atoms with E-state index in [0.29, 0.717) is 35.0 Å². The number of hydrogen-bond acceptors (Lipinski definition) is 4. The van der Waals surface area contributed by atoms with Crippen molar-refractivity contribution < 1.29 is 19.1 Å². The molecule has 2 amide bonds. The van der Waals surface area contributed by atoms with E-state index < -0.39 is 6.10 Å². The number of hydrogen-bond donors (Lipinski definition) is 2. The highest BCUT2D eigenvalue weighted by atomic mass is 16.5. The van der Waals surface area contributed by atoms with Gasteiger partial charge in [0.15, 0.2) is 6.10 Å². The van der Waals surface area contributed by atoms with Gasteiger partial charge in [-0.15, -0.1) is 0 Å². The lowest BCUT2D eigenvalue weighted by Crippen LogP contribution is -2.30. The summed E-state index contributed by atoms with van der Waals surface area (Å²) in [6, 6.07) is 23.1. The van der Waals surface area contributed by atoms with Crippen LogP contribution in [0, 0.1) is 0 Å². The van der Waals surface area contributed by atoms with Gasteiger partial charge in [-0.25, -0.2) is 0 Å². The second-order valence-electron chi connectivity index (χ2n) is 6.53. The summed E-state index contributed by atoms with van der Waals surface area (Å²) in [7, 11) is 0. The van der Waals surface area contributed by atoms with Crippen LogP contribution in [0.15, 0.2) is 78.9 Å². The van der Waals surface area contributed by atoms with Crippen molar-refractivity contribution in [3.63, 3.8) is 0 Å². The van der Waals surface area contributed by atoms with Crippen LogP contribution in [0.2, 0.25) is 0 Å². The third-order valence-corrected chi connectivity index (χ3v) is 4.25. The molecule has 154 valence electrons. The predicted molar refractivity (Wildman–Crippen MR) is 117 cm³/mol. The molecular weight excluding hydrogens is 380 g/mol. The lowest BCUT2D eigenvalue weighted by atomic mass is 10.1. The molecule has 0 spiro atoms. The van der Waals surface area contributed by atoms with E-state index in [1.54, 1.807) is 55.5 Å². The van der Waals surface area contributed by atoms with E-state index in [9.17, 15) is 9.59 Å². The molecule has 0 bridgehead atoms. The molecule has 0 saturated carbocycles. The molecule has 3 rings (SSSR count). The second-order valence-corrected chi connectivity index (χ2v) is 6.53. The van der Waals surface area contributed by atoms with E-state index in [2.05, 4.69) is 10.6 Å². The molecule has 1 unspecified atom stereocenters. The van der Waals surface area contributed by atoms with Gasteiger partial charge < -0.3 is 20.1 Å². The van der Waals surface area contributed by atoms with Gasteiger partial charge in [0.05, 0.1) is 12.3 Å². The van der Waals surface area contributed by atoms with Crippen molar-refractivity contribution in [3.05, 3.63) is 84.4 Å². The standard InChI is InChI=1S/C24H24N2O4/c1-3-29-22-15-8-7-14-21(22)26-24(28)18-10-9-11-19(16-18)25-23(27)17(2)30-20-12-5-4-6-13-20/h4-17H,3H2,1-2H3,(H,25,27)(H,26,28). The van der Waals surface area contributed by atoms with E-state index in [0.717, 1.165) is 0 Å². The first-order valence-corrected chi connectivity index (χ1v) is 9.72. The summed E-state index contributed by atoms with van der Waals surface area (Å²) in [5, 5.41) is 5.63. The molecule has 2 N–H and O–H groups in total. The number of carbonyl (C=O) groups is 2. The zero-order valence-corrected chi connectivity index (χ0v) is 16.9. The Morgan fingerprint density at radius 1 is 0.900 bits per heavy atom. The lowest BCUT2D eigenvalue weighted by Gasteiger charge is -2.15. The highest BCUT2D eigenvalue weighted by Gasteiger charge is 2.16. The molecule has 0 saturated heterocycles. The third kappa shape index (κ3) is 5.61. The average molecular weight is 404 g/mol. The first-order chi connectivity index (χ1) is 14.6. The van der Waals surface area contributed by atoms with Crippen molar-refractivity contribution in [3.8, 4) is 11.5 Å². The van der Waals surface area contributed by atoms with Crippen molar-refractivity contribution in [2.24, 2.45) is 0 Å². The zero-order chi connectivity index (χ0) is 21.3. The SMILES string of the molecule is CCOc1ccccc1NC(=O)c1cccc(NC(=O)C(C)Oc2ccccc2)c1. The number of carbonyl (C=O) groups excluding carboxylic acids is 2. The van der Waals surface area contributed by atoms with Crippen molar-refractivity contribution in [1.82, 2.24) is 0 Å². The maximum absolute atomic E-state index is 12.7. The Balaban J connectivity index is 1.65. The summed E-state index contributed by atoms with van der Waals surface area (Å²) in [6.45, 7) is 4.05. The van der Waals surface area contributed by atoms with Gasteiger partial charge in [-0.1, -0.05) is 36.4 Å². The van der Waals surface area contributed by atoms with Gasteiger partial charge in [-0.2, -0.15) is 0 Å². The Kier molecular flexibility index (Phi) is 7.05. The summed E-state index contributed by atoms with van der Waals surface area (Å²) in [5.41, 5.74) is 1.51. The molecule has 0 aliphatic carbocycles. The van der Waals surface area contributed by atoms with Crippen LogP contribution in [0.3, 0.4) is 0 Å². The molecule has 6 nitrogen and oxygen atoms in total. The summed E-state index contributed by atoms with van der Waals surface area (Å²) in [6.07, 6.45) is -0.692. The fraction of sp³-hybridized carbons (Fsp3) is 0.167. The Bertz CT molecular complexity index is 1000. The van der Waals surface area contributed by atoms with Crippen LogP contribution < -0.4 is 20.1 Å². The first-order valence-electron chi connectivity index (χ1n) is 9.72. The number of ether oxygens (including phenoxy) is 2. The number of benzene rings is 3.